The van der Waals surface area contributed by atoms with Crippen LogP contribution in [0.4, 0.5) is 5.69 Å². The van der Waals surface area contributed by atoms with Crippen LogP contribution in [-0.2, 0) is 16.0 Å². The second-order valence-corrected chi connectivity index (χ2v) is 9.71. The molecule has 0 spiro atoms. The van der Waals surface area contributed by atoms with E-state index in [0.29, 0.717) is 54.9 Å². The standard InChI is InChI=1S/C24H31N5O4/c1-14-22-19(11-24(2,3)12-20(22)30)29(27-14)15-4-5-17(23(26)32)18(10-15)28-8-6-16(7-9-28)33-21(31)13-25/h4-5,10,16H,6-9,11-13,25H2,1-3H3,(H2,26,32). The number of ketones is 1. The summed E-state index contributed by atoms with van der Waals surface area (Å²) in [6.45, 7) is 7.11. The van der Waals surface area contributed by atoms with Crippen LogP contribution < -0.4 is 16.4 Å². The lowest BCUT2D eigenvalue weighted by atomic mass is 9.75. The molecule has 0 radical (unpaired) electrons. The van der Waals surface area contributed by atoms with Gasteiger partial charge in [0.2, 0.25) is 0 Å². The van der Waals surface area contributed by atoms with Crippen molar-refractivity contribution in [3.8, 4) is 5.69 Å². The molecule has 1 aliphatic carbocycles. The number of ether oxygens (including phenoxy) is 1. The number of hydrogen-bond donors (Lipinski definition) is 2. The lowest BCUT2D eigenvalue weighted by Crippen LogP contribution is -2.39. The second-order valence-electron chi connectivity index (χ2n) is 9.71. The lowest BCUT2D eigenvalue weighted by molar-refractivity contribution is -0.148. The van der Waals surface area contributed by atoms with Gasteiger partial charge in [-0.25, -0.2) is 4.68 Å². The number of Topliss-reactive ketones (excluding diaryl/α,β-unsaturated/α-hetero) is 1. The summed E-state index contributed by atoms with van der Waals surface area (Å²) in [7, 11) is 0. The average molecular weight is 454 g/mol. The molecular weight excluding hydrogens is 422 g/mol. The van der Waals surface area contributed by atoms with Gasteiger partial charge in [-0.15, -0.1) is 0 Å². The van der Waals surface area contributed by atoms with Crippen LogP contribution in [0.2, 0.25) is 0 Å². The molecule has 4 N–H and O–H groups in total. The molecule has 1 aliphatic heterocycles. The third kappa shape index (κ3) is 4.50. The highest BCUT2D eigenvalue weighted by Crippen LogP contribution is 2.37. The van der Waals surface area contributed by atoms with Gasteiger partial charge in [0, 0.05) is 32.4 Å². The summed E-state index contributed by atoms with van der Waals surface area (Å²) in [6.07, 6.45) is 2.31. The normalized spacial score (nSPS) is 18.2. The Hall–Kier alpha value is -3.20. The fourth-order valence-electron chi connectivity index (χ4n) is 4.92. The summed E-state index contributed by atoms with van der Waals surface area (Å²) in [5.74, 6) is -0.805. The summed E-state index contributed by atoms with van der Waals surface area (Å²) in [4.78, 5) is 38.5. The number of nitrogens with two attached hydrogens (primary N) is 2. The van der Waals surface area contributed by atoms with Gasteiger partial charge >= 0.3 is 5.97 Å². The van der Waals surface area contributed by atoms with Crippen LogP contribution in [0.15, 0.2) is 18.2 Å². The number of carbonyl (C=O) groups is 3. The van der Waals surface area contributed by atoms with Gasteiger partial charge < -0.3 is 21.1 Å². The second kappa shape index (κ2) is 8.62. The van der Waals surface area contributed by atoms with Crippen LogP contribution >= 0.6 is 0 Å². The van der Waals surface area contributed by atoms with Crippen LogP contribution in [0.1, 0.15) is 65.2 Å². The van der Waals surface area contributed by atoms with E-state index in [-0.39, 0.29) is 23.8 Å². The van der Waals surface area contributed by atoms with Crippen molar-refractivity contribution in [2.24, 2.45) is 16.9 Å². The SMILES string of the molecule is Cc1nn(-c2ccc(C(N)=O)c(N3CCC(OC(=O)CN)CC3)c2)c2c1C(=O)CC(C)(C)C2. The Morgan fingerprint density at radius 2 is 1.91 bits per heavy atom. The van der Waals surface area contributed by atoms with Crippen molar-refractivity contribution >= 4 is 23.3 Å². The maximum Gasteiger partial charge on any atom is 0.319 e. The number of hydrogen-bond acceptors (Lipinski definition) is 7. The van der Waals surface area contributed by atoms with E-state index in [1.54, 1.807) is 6.07 Å². The maximum atomic E-state index is 12.8. The van der Waals surface area contributed by atoms with E-state index in [0.717, 1.165) is 17.8 Å². The number of rotatable bonds is 5. The first kappa shape index (κ1) is 23.0. The largest absolute Gasteiger partial charge is 0.461 e. The van der Waals surface area contributed by atoms with Gasteiger partial charge in [-0.1, -0.05) is 13.8 Å². The molecule has 2 heterocycles. The molecule has 9 heteroatoms. The molecular formula is C24H31N5O4. The van der Waals surface area contributed by atoms with Crippen LogP contribution in [0.25, 0.3) is 5.69 Å². The first-order valence-corrected chi connectivity index (χ1v) is 11.3. The van der Waals surface area contributed by atoms with Crippen molar-refractivity contribution in [3.05, 3.63) is 40.7 Å². The summed E-state index contributed by atoms with van der Waals surface area (Å²) in [5.41, 5.74) is 15.1. The van der Waals surface area contributed by atoms with Gasteiger partial charge in [-0.05, 0) is 37.0 Å². The highest BCUT2D eigenvalue weighted by atomic mass is 16.5. The Labute approximate surface area is 193 Å². The number of aryl methyl sites for hydroxylation is 1. The fraction of sp³-hybridized carbons (Fsp3) is 0.500. The number of fused-ring (bicyclic) bond motifs is 1. The third-order valence-corrected chi connectivity index (χ3v) is 6.46. The van der Waals surface area contributed by atoms with E-state index < -0.39 is 11.9 Å². The minimum atomic E-state index is -0.511. The molecule has 0 atom stereocenters. The number of anilines is 1. The zero-order valence-corrected chi connectivity index (χ0v) is 19.4. The van der Waals surface area contributed by atoms with Gasteiger partial charge in [0.25, 0.3) is 5.91 Å². The van der Waals surface area contributed by atoms with Crippen molar-refractivity contribution in [1.29, 1.82) is 0 Å². The van der Waals surface area contributed by atoms with Crippen LogP contribution in [0.5, 0.6) is 0 Å². The smallest absolute Gasteiger partial charge is 0.319 e. The van der Waals surface area contributed by atoms with Gasteiger partial charge in [-0.3, -0.25) is 14.4 Å². The highest BCUT2D eigenvalue weighted by molar-refractivity contribution is 6.00. The van der Waals surface area contributed by atoms with E-state index in [9.17, 15) is 14.4 Å². The number of nitrogens with zero attached hydrogens (tertiary/aromatic N) is 3. The molecule has 2 aliphatic rings. The van der Waals surface area contributed by atoms with Gasteiger partial charge in [0.15, 0.2) is 5.78 Å². The number of carbonyl (C=O) groups excluding carboxylic acids is 3. The minimum absolute atomic E-state index is 0.119. The predicted octanol–water partition coefficient (Wildman–Crippen LogP) is 1.91. The topological polar surface area (TPSA) is 134 Å². The van der Waals surface area contributed by atoms with Gasteiger partial charge in [-0.2, -0.15) is 5.10 Å². The highest BCUT2D eigenvalue weighted by Gasteiger charge is 2.36. The molecule has 1 amide bonds. The number of amides is 1. The zero-order valence-electron chi connectivity index (χ0n) is 19.4. The lowest BCUT2D eigenvalue weighted by Gasteiger charge is -2.34. The van der Waals surface area contributed by atoms with Crippen molar-refractivity contribution in [2.75, 3.05) is 24.5 Å². The number of aromatic nitrogens is 2. The van der Waals surface area contributed by atoms with Crippen molar-refractivity contribution < 1.29 is 19.1 Å². The Bertz CT molecular complexity index is 1110. The Morgan fingerprint density at radius 1 is 1.21 bits per heavy atom. The predicted molar refractivity (Wildman–Crippen MR) is 124 cm³/mol. The average Bonchev–Trinajstić information content (AvgIpc) is 3.08. The first-order chi connectivity index (χ1) is 15.6. The molecule has 0 unspecified atom stereocenters. The van der Waals surface area contributed by atoms with E-state index in [2.05, 4.69) is 23.8 Å². The monoisotopic (exact) mass is 453 g/mol. The number of benzene rings is 1. The third-order valence-electron chi connectivity index (χ3n) is 6.46. The quantitative estimate of drug-likeness (QED) is 0.661. The maximum absolute atomic E-state index is 12.8. The Balaban J connectivity index is 1.68. The van der Waals surface area contributed by atoms with Crippen LogP contribution in [-0.4, -0.2) is 53.2 Å². The van der Waals surface area contributed by atoms with Gasteiger partial charge in [0.1, 0.15) is 6.10 Å². The van der Waals surface area contributed by atoms with E-state index in [4.69, 9.17) is 16.2 Å². The molecule has 0 bridgehead atoms. The molecule has 176 valence electrons. The first-order valence-electron chi connectivity index (χ1n) is 11.3. The van der Waals surface area contributed by atoms with Crippen molar-refractivity contribution in [2.45, 2.75) is 52.6 Å². The molecule has 9 nitrogen and oxygen atoms in total. The van der Waals surface area contributed by atoms with Gasteiger partial charge in [0.05, 0.1) is 40.4 Å². The minimum Gasteiger partial charge on any atom is -0.461 e. The number of esters is 1. The summed E-state index contributed by atoms with van der Waals surface area (Å²) in [5, 5.41) is 4.69. The van der Waals surface area contributed by atoms with E-state index >= 15 is 0 Å². The molecule has 2 aromatic rings. The molecule has 1 aromatic carbocycles. The molecule has 33 heavy (non-hydrogen) atoms. The summed E-state index contributed by atoms with van der Waals surface area (Å²) in [6, 6.07) is 5.44. The Kier molecular flexibility index (Phi) is 6.00. The van der Waals surface area contributed by atoms with E-state index in [1.165, 1.54) is 0 Å². The van der Waals surface area contributed by atoms with Crippen LogP contribution in [0, 0.1) is 12.3 Å². The molecule has 0 saturated carbocycles. The summed E-state index contributed by atoms with van der Waals surface area (Å²) < 4.78 is 7.19. The van der Waals surface area contributed by atoms with Crippen molar-refractivity contribution in [3.63, 3.8) is 0 Å². The number of piperidine rings is 1. The molecule has 1 saturated heterocycles. The fourth-order valence-corrected chi connectivity index (χ4v) is 4.92. The molecule has 1 aromatic heterocycles. The molecule has 4 rings (SSSR count). The Morgan fingerprint density at radius 3 is 2.55 bits per heavy atom. The van der Waals surface area contributed by atoms with E-state index in [1.807, 2.05) is 23.7 Å². The zero-order chi connectivity index (χ0) is 23.9. The van der Waals surface area contributed by atoms with Crippen LogP contribution in [0.3, 0.4) is 0 Å². The van der Waals surface area contributed by atoms with Crippen molar-refractivity contribution in [1.82, 2.24) is 9.78 Å². The number of primary amides is 1. The molecule has 1 fully saturated rings. The summed E-state index contributed by atoms with van der Waals surface area (Å²) >= 11 is 0.